The Hall–Kier alpha value is -1.26. The summed E-state index contributed by atoms with van der Waals surface area (Å²) in [4.78, 5) is 22.3. The largest absolute Gasteiger partial charge is 0.465 e. The van der Waals surface area contributed by atoms with Crippen molar-refractivity contribution in [3.63, 3.8) is 0 Å². The van der Waals surface area contributed by atoms with Gasteiger partial charge in [-0.05, 0) is 6.42 Å². The molecule has 136 valence electrons. The van der Waals surface area contributed by atoms with Gasteiger partial charge in [0.2, 0.25) is 0 Å². The zero-order valence-corrected chi connectivity index (χ0v) is 14.9. The Balaban J connectivity index is 3.52. The molecule has 0 saturated heterocycles. The van der Waals surface area contributed by atoms with E-state index < -0.39 is 12.3 Å². The fraction of sp³-hybridized carbons (Fsp3) is 0.889. The van der Waals surface area contributed by atoms with Crippen molar-refractivity contribution in [2.24, 2.45) is 0 Å². The SMILES string of the molecule is CCCCCCCCCCCCC(=O)OC(CCC)NC(=O)O. The molecule has 1 amide bonds. The molecule has 0 saturated carbocycles. The topological polar surface area (TPSA) is 75.6 Å². The van der Waals surface area contributed by atoms with Crippen LogP contribution in [0.1, 0.15) is 97.3 Å². The van der Waals surface area contributed by atoms with Gasteiger partial charge in [-0.1, -0.05) is 78.1 Å². The molecule has 0 aliphatic carbocycles. The Labute approximate surface area is 141 Å². The van der Waals surface area contributed by atoms with Gasteiger partial charge in [-0.25, -0.2) is 4.79 Å². The van der Waals surface area contributed by atoms with E-state index in [1.54, 1.807) is 0 Å². The molecule has 5 heteroatoms. The average molecular weight is 329 g/mol. The van der Waals surface area contributed by atoms with Gasteiger partial charge in [0.05, 0.1) is 0 Å². The summed E-state index contributed by atoms with van der Waals surface area (Å²) in [6.07, 6.45) is 12.0. The van der Waals surface area contributed by atoms with Crippen LogP contribution in [-0.4, -0.2) is 23.4 Å². The minimum absolute atomic E-state index is 0.309. The lowest BCUT2D eigenvalue weighted by Gasteiger charge is -2.16. The first-order valence-corrected chi connectivity index (χ1v) is 9.29. The van der Waals surface area contributed by atoms with Crippen molar-refractivity contribution in [3.05, 3.63) is 0 Å². The van der Waals surface area contributed by atoms with Crippen molar-refractivity contribution < 1.29 is 19.4 Å². The lowest BCUT2D eigenvalue weighted by atomic mass is 10.1. The first-order chi connectivity index (χ1) is 11.1. The summed E-state index contributed by atoms with van der Waals surface area (Å²) >= 11 is 0. The average Bonchev–Trinajstić information content (AvgIpc) is 2.48. The number of hydrogen-bond donors (Lipinski definition) is 2. The first-order valence-electron chi connectivity index (χ1n) is 9.29. The molecule has 0 aromatic heterocycles. The van der Waals surface area contributed by atoms with Gasteiger partial charge in [-0.3, -0.25) is 10.1 Å². The van der Waals surface area contributed by atoms with Crippen molar-refractivity contribution in [2.45, 2.75) is 104 Å². The van der Waals surface area contributed by atoms with Gasteiger partial charge in [0.15, 0.2) is 6.23 Å². The van der Waals surface area contributed by atoms with Gasteiger partial charge < -0.3 is 9.84 Å². The number of amides is 1. The molecule has 0 aromatic carbocycles. The maximum atomic E-state index is 11.7. The molecule has 1 atom stereocenters. The van der Waals surface area contributed by atoms with Crippen molar-refractivity contribution in [2.75, 3.05) is 0 Å². The highest BCUT2D eigenvalue weighted by atomic mass is 16.6. The second kappa shape index (κ2) is 15.6. The smallest absolute Gasteiger partial charge is 0.407 e. The van der Waals surface area contributed by atoms with E-state index in [1.165, 1.54) is 44.9 Å². The minimum atomic E-state index is -1.16. The molecule has 0 spiro atoms. The molecular formula is C18H35NO4. The van der Waals surface area contributed by atoms with Crippen LogP contribution in [0.15, 0.2) is 0 Å². The molecule has 0 fully saturated rings. The predicted octanol–water partition coefficient (Wildman–Crippen LogP) is 5.23. The van der Waals surface area contributed by atoms with Crippen LogP contribution in [0.25, 0.3) is 0 Å². The molecule has 0 aromatic rings. The van der Waals surface area contributed by atoms with Crippen molar-refractivity contribution in [1.29, 1.82) is 0 Å². The number of carbonyl (C=O) groups is 2. The number of nitrogens with one attached hydrogen (secondary N) is 1. The molecule has 0 rings (SSSR count). The van der Waals surface area contributed by atoms with Crippen LogP contribution in [0.4, 0.5) is 4.79 Å². The molecule has 0 aliphatic rings. The van der Waals surface area contributed by atoms with Gasteiger partial charge in [-0.2, -0.15) is 0 Å². The van der Waals surface area contributed by atoms with Crippen molar-refractivity contribution in [3.8, 4) is 0 Å². The Morgan fingerprint density at radius 1 is 0.870 bits per heavy atom. The number of carbonyl (C=O) groups excluding carboxylic acids is 1. The maximum absolute atomic E-state index is 11.7. The van der Waals surface area contributed by atoms with Crippen LogP contribution in [-0.2, 0) is 9.53 Å². The van der Waals surface area contributed by atoms with Gasteiger partial charge in [0.25, 0.3) is 0 Å². The quantitative estimate of drug-likeness (QED) is 0.245. The lowest BCUT2D eigenvalue weighted by Crippen LogP contribution is -2.37. The summed E-state index contributed by atoms with van der Waals surface area (Å²) in [5.74, 6) is -0.309. The van der Waals surface area contributed by atoms with E-state index in [-0.39, 0.29) is 5.97 Å². The van der Waals surface area contributed by atoms with Gasteiger partial charge >= 0.3 is 12.1 Å². The van der Waals surface area contributed by atoms with E-state index in [2.05, 4.69) is 12.2 Å². The second-order valence-corrected chi connectivity index (χ2v) is 6.15. The molecule has 23 heavy (non-hydrogen) atoms. The molecule has 5 nitrogen and oxygen atoms in total. The Morgan fingerprint density at radius 2 is 1.39 bits per heavy atom. The number of unbranched alkanes of at least 4 members (excludes halogenated alkanes) is 9. The highest BCUT2D eigenvalue weighted by Crippen LogP contribution is 2.12. The van der Waals surface area contributed by atoms with E-state index >= 15 is 0 Å². The standard InChI is InChI=1S/C18H35NO4/c1-3-5-6-7-8-9-10-11-12-13-15-17(20)23-16(14-4-2)19-18(21)22/h16,19H,3-15H2,1-2H3,(H,21,22). The fourth-order valence-electron chi connectivity index (χ4n) is 2.53. The second-order valence-electron chi connectivity index (χ2n) is 6.15. The van der Waals surface area contributed by atoms with Crippen molar-refractivity contribution in [1.82, 2.24) is 5.32 Å². The lowest BCUT2D eigenvalue weighted by molar-refractivity contribution is -0.150. The number of carboxylic acid groups (broad SMARTS) is 1. The zero-order valence-electron chi connectivity index (χ0n) is 14.9. The highest BCUT2D eigenvalue weighted by Gasteiger charge is 2.15. The predicted molar refractivity (Wildman–Crippen MR) is 92.4 cm³/mol. The van der Waals surface area contributed by atoms with E-state index in [0.29, 0.717) is 12.8 Å². The number of hydrogen-bond acceptors (Lipinski definition) is 3. The van der Waals surface area contributed by atoms with Crippen LogP contribution >= 0.6 is 0 Å². The molecule has 1 unspecified atom stereocenters. The van der Waals surface area contributed by atoms with E-state index in [4.69, 9.17) is 9.84 Å². The molecule has 0 heterocycles. The summed E-state index contributed by atoms with van der Waals surface area (Å²) in [6, 6.07) is 0. The minimum Gasteiger partial charge on any atom is -0.465 e. The van der Waals surface area contributed by atoms with Crippen LogP contribution < -0.4 is 5.32 Å². The van der Waals surface area contributed by atoms with Crippen LogP contribution in [0, 0.1) is 0 Å². The van der Waals surface area contributed by atoms with Crippen molar-refractivity contribution >= 4 is 12.1 Å². The highest BCUT2D eigenvalue weighted by molar-refractivity contribution is 5.70. The molecule has 0 radical (unpaired) electrons. The third-order valence-corrected chi connectivity index (χ3v) is 3.84. The summed E-state index contributed by atoms with van der Waals surface area (Å²) in [5, 5.41) is 10.9. The fourth-order valence-corrected chi connectivity index (χ4v) is 2.53. The Morgan fingerprint density at radius 3 is 1.87 bits per heavy atom. The monoisotopic (exact) mass is 329 g/mol. The molecule has 2 N–H and O–H groups in total. The Bertz CT molecular complexity index is 307. The van der Waals surface area contributed by atoms with Crippen LogP contribution in [0.3, 0.4) is 0 Å². The van der Waals surface area contributed by atoms with Gasteiger partial charge in [-0.15, -0.1) is 0 Å². The van der Waals surface area contributed by atoms with E-state index in [1.807, 2.05) is 6.92 Å². The normalized spacial score (nSPS) is 11.9. The number of ether oxygens (including phenoxy) is 1. The van der Waals surface area contributed by atoms with E-state index in [9.17, 15) is 9.59 Å². The maximum Gasteiger partial charge on any atom is 0.407 e. The van der Waals surface area contributed by atoms with Gasteiger partial charge in [0.1, 0.15) is 0 Å². The summed E-state index contributed by atoms with van der Waals surface area (Å²) in [6.45, 7) is 4.15. The zero-order chi connectivity index (χ0) is 17.3. The Kier molecular flexibility index (Phi) is 14.8. The first kappa shape index (κ1) is 21.7. The molecular weight excluding hydrogens is 294 g/mol. The third-order valence-electron chi connectivity index (χ3n) is 3.84. The van der Waals surface area contributed by atoms with Crippen LogP contribution in [0.5, 0.6) is 0 Å². The summed E-state index contributed by atoms with van der Waals surface area (Å²) in [7, 11) is 0. The summed E-state index contributed by atoms with van der Waals surface area (Å²) < 4.78 is 5.15. The molecule has 0 aliphatic heterocycles. The van der Waals surface area contributed by atoms with E-state index in [0.717, 1.165) is 25.7 Å². The van der Waals surface area contributed by atoms with Gasteiger partial charge in [0, 0.05) is 12.8 Å². The summed E-state index contributed by atoms with van der Waals surface area (Å²) in [5.41, 5.74) is 0. The molecule has 0 bridgehead atoms. The number of esters is 1. The number of rotatable bonds is 15. The van der Waals surface area contributed by atoms with Crippen LogP contribution in [0.2, 0.25) is 0 Å². The third kappa shape index (κ3) is 15.4.